The van der Waals surface area contributed by atoms with Gasteiger partial charge in [0.1, 0.15) is 0 Å². The van der Waals surface area contributed by atoms with Gasteiger partial charge in [-0.25, -0.2) is 9.67 Å². The third-order valence-corrected chi connectivity index (χ3v) is 5.83. The molecule has 0 aliphatic carbocycles. The van der Waals surface area contributed by atoms with E-state index in [1.807, 2.05) is 54.1 Å². The van der Waals surface area contributed by atoms with E-state index in [0.717, 1.165) is 53.5 Å². The first-order chi connectivity index (χ1) is 14.5. The summed E-state index contributed by atoms with van der Waals surface area (Å²) in [5.41, 5.74) is 4.07. The second-order valence-corrected chi connectivity index (χ2v) is 8.35. The Bertz CT molecular complexity index is 1010. The Balaban J connectivity index is 1.36. The van der Waals surface area contributed by atoms with Crippen LogP contribution >= 0.6 is 15.9 Å². The van der Waals surface area contributed by atoms with Gasteiger partial charge >= 0.3 is 0 Å². The molecule has 0 atom stereocenters. The van der Waals surface area contributed by atoms with Crippen LogP contribution in [0.2, 0.25) is 0 Å². The van der Waals surface area contributed by atoms with Gasteiger partial charge in [-0.2, -0.15) is 5.10 Å². The molecule has 1 aromatic carbocycles. The Morgan fingerprint density at radius 3 is 2.47 bits per heavy atom. The Kier molecular flexibility index (Phi) is 6.15. The van der Waals surface area contributed by atoms with Crippen molar-refractivity contribution >= 4 is 33.2 Å². The Morgan fingerprint density at radius 1 is 1.07 bits per heavy atom. The molecule has 1 saturated heterocycles. The van der Waals surface area contributed by atoms with Gasteiger partial charge in [0.15, 0.2) is 5.82 Å². The van der Waals surface area contributed by atoms with Gasteiger partial charge < -0.3 is 10.2 Å². The number of nitrogens with one attached hydrogen (secondary N) is 1. The zero-order valence-electron chi connectivity index (χ0n) is 17.2. The van der Waals surface area contributed by atoms with Gasteiger partial charge in [-0.1, -0.05) is 22.0 Å². The van der Waals surface area contributed by atoms with E-state index in [1.165, 1.54) is 5.69 Å². The van der Waals surface area contributed by atoms with E-state index >= 15 is 0 Å². The standard InChI is InChI=1S/C22H25BrN6O/c1-16-22(17(2)29(26-16)20-5-3-4-10-24-20)28-13-11-27(12-14-28)15-21(30)25-19-8-6-18(23)7-9-19/h3-10H,11-15H2,1-2H3,(H,25,30). The lowest BCUT2D eigenvalue weighted by Crippen LogP contribution is -2.49. The molecule has 2 aromatic heterocycles. The van der Waals surface area contributed by atoms with Crippen molar-refractivity contribution in [2.75, 3.05) is 42.9 Å². The van der Waals surface area contributed by atoms with Crippen LogP contribution in [-0.2, 0) is 4.79 Å². The highest BCUT2D eigenvalue weighted by Crippen LogP contribution is 2.27. The average Bonchev–Trinajstić information content (AvgIpc) is 3.05. The van der Waals surface area contributed by atoms with Crippen molar-refractivity contribution in [3.05, 3.63) is 64.5 Å². The quantitative estimate of drug-likeness (QED) is 0.621. The molecule has 4 rings (SSSR count). The summed E-state index contributed by atoms with van der Waals surface area (Å²) in [7, 11) is 0. The maximum Gasteiger partial charge on any atom is 0.238 e. The fourth-order valence-corrected chi connectivity index (χ4v) is 4.12. The van der Waals surface area contributed by atoms with Crippen molar-refractivity contribution in [2.45, 2.75) is 13.8 Å². The van der Waals surface area contributed by atoms with Crippen molar-refractivity contribution in [1.82, 2.24) is 19.7 Å². The van der Waals surface area contributed by atoms with Crippen LogP contribution in [0.25, 0.3) is 5.82 Å². The molecule has 1 fully saturated rings. The Labute approximate surface area is 184 Å². The number of rotatable bonds is 5. The number of carbonyl (C=O) groups excluding carboxylic acids is 1. The molecule has 1 amide bonds. The summed E-state index contributed by atoms with van der Waals surface area (Å²) < 4.78 is 2.90. The number of amides is 1. The average molecular weight is 469 g/mol. The van der Waals surface area contributed by atoms with Crippen LogP contribution in [0.4, 0.5) is 11.4 Å². The van der Waals surface area contributed by atoms with E-state index in [4.69, 9.17) is 5.10 Å². The van der Waals surface area contributed by atoms with Crippen LogP contribution in [0.15, 0.2) is 53.1 Å². The van der Waals surface area contributed by atoms with Crippen LogP contribution < -0.4 is 10.2 Å². The number of halogens is 1. The molecule has 1 aliphatic heterocycles. The first-order valence-electron chi connectivity index (χ1n) is 10.0. The summed E-state index contributed by atoms with van der Waals surface area (Å²) >= 11 is 3.41. The number of benzene rings is 1. The molecule has 8 heteroatoms. The third kappa shape index (κ3) is 4.55. The summed E-state index contributed by atoms with van der Waals surface area (Å²) in [4.78, 5) is 21.4. The molecule has 156 valence electrons. The Hall–Kier alpha value is -2.71. The van der Waals surface area contributed by atoms with Gasteiger partial charge in [-0.15, -0.1) is 0 Å². The lowest BCUT2D eigenvalue weighted by Gasteiger charge is -2.35. The highest BCUT2D eigenvalue weighted by atomic mass is 79.9. The molecule has 0 bridgehead atoms. The second-order valence-electron chi connectivity index (χ2n) is 7.44. The molecule has 0 spiro atoms. The fourth-order valence-electron chi connectivity index (χ4n) is 3.86. The minimum atomic E-state index is 0.0149. The van der Waals surface area contributed by atoms with Gasteiger partial charge in [0.25, 0.3) is 0 Å². The predicted octanol–water partition coefficient (Wildman–Crippen LogP) is 3.41. The first kappa shape index (κ1) is 20.6. The maximum atomic E-state index is 12.4. The molecule has 1 aliphatic rings. The van der Waals surface area contributed by atoms with Crippen LogP contribution in [0.3, 0.4) is 0 Å². The van der Waals surface area contributed by atoms with E-state index < -0.39 is 0 Å². The number of aryl methyl sites for hydroxylation is 1. The van der Waals surface area contributed by atoms with Crippen molar-refractivity contribution in [3.8, 4) is 5.82 Å². The number of aromatic nitrogens is 3. The lowest BCUT2D eigenvalue weighted by molar-refractivity contribution is -0.117. The number of carbonyl (C=O) groups is 1. The van der Waals surface area contributed by atoms with Crippen molar-refractivity contribution in [1.29, 1.82) is 0 Å². The van der Waals surface area contributed by atoms with E-state index in [9.17, 15) is 4.79 Å². The number of piperazine rings is 1. The molecular weight excluding hydrogens is 444 g/mol. The molecule has 0 saturated carbocycles. The largest absolute Gasteiger partial charge is 0.366 e. The van der Waals surface area contributed by atoms with Crippen molar-refractivity contribution in [2.24, 2.45) is 0 Å². The smallest absolute Gasteiger partial charge is 0.238 e. The van der Waals surface area contributed by atoms with E-state index in [-0.39, 0.29) is 5.91 Å². The highest BCUT2D eigenvalue weighted by Gasteiger charge is 2.24. The summed E-state index contributed by atoms with van der Waals surface area (Å²) in [6.07, 6.45) is 1.78. The predicted molar refractivity (Wildman–Crippen MR) is 122 cm³/mol. The normalized spacial score (nSPS) is 14.7. The van der Waals surface area contributed by atoms with Crippen LogP contribution in [0.5, 0.6) is 0 Å². The van der Waals surface area contributed by atoms with Crippen LogP contribution in [-0.4, -0.2) is 58.3 Å². The van der Waals surface area contributed by atoms with Crippen molar-refractivity contribution in [3.63, 3.8) is 0 Å². The lowest BCUT2D eigenvalue weighted by atomic mass is 10.2. The van der Waals surface area contributed by atoms with E-state index in [0.29, 0.717) is 6.54 Å². The second kappa shape index (κ2) is 8.97. The monoisotopic (exact) mass is 468 g/mol. The number of anilines is 2. The van der Waals surface area contributed by atoms with Gasteiger partial charge in [0, 0.05) is 42.5 Å². The molecule has 30 heavy (non-hydrogen) atoms. The summed E-state index contributed by atoms with van der Waals surface area (Å²) in [6, 6.07) is 13.5. The van der Waals surface area contributed by atoms with Gasteiger partial charge in [-0.3, -0.25) is 9.69 Å². The molecule has 3 heterocycles. The Morgan fingerprint density at radius 2 is 1.80 bits per heavy atom. The molecule has 0 unspecified atom stereocenters. The highest BCUT2D eigenvalue weighted by molar-refractivity contribution is 9.10. The summed E-state index contributed by atoms with van der Waals surface area (Å²) in [5, 5.41) is 7.67. The van der Waals surface area contributed by atoms with Gasteiger partial charge in [0.2, 0.25) is 5.91 Å². The number of pyridine rings is 1. The summed E-state index contributed by atoms with van der Waals surface area (Å²) in [6.45, 7) is 7.92. The topological polar surface area (TPSA) is 66.3 Å². The minimum Gasteiger partial charge on any atom is -0.366 e. The van der Waals surface area contributed by atoms with Crippen LogP contribution in [0, 0.1) is 13.8 Å². The number of hydrogen-bond acceptors (Lipinski definition) is 5. The van der Waals surface area contributed by atoms with Gasteiger partial charge in [0.05, 0.1) is 23.6 Å². The van der Waals surface area contributed by atoms with E-state index in [1.54, 1.807) is 6.20 Å². The van der Waals surface area contributed by atoms with E-state index in [2.05, 4.69) is 43.0 Å². The molecule has 1 N–H and O–H groups in total. The minimum absolute atomic E-state index is 0.0149. The fraction of sp³-hybridized carbons (Fsp3) is 0.318. The zero-order valence-corrected chi connectivity index (χ0v) is 18.8. The van der Waals surface area contributed by atoms with Gasteiger partial charge in [-0.05, 0) is 50.2 Å². The third-order valence-electron chi connectivity index (χ3n) is 5.30. The molecule has 3 aromatic rings. The first-order valence-corrected chi connectivity index (χ1v) is 10.8. The zero-order chi connectivity index (χ0) is 21.1. The number of hydrogen-bond donors (Lipinski definition) is 1. The van der Waals surface area contributed by atoms with Crippen molar-refractivity contribution < 1.29 is 4.79 Å². The van der Waals surface area contributed by atoms with Crippen LogP contribution in [0.1, 0.15) is 11.4 Å². The molecule has 0 radical (unpaired) electrons. The number of nitrogens with zero attached hydrogens (tertiary/aromatic N) is 5. The SMILES string of the molecule is Cc1nn(-c2ccccn2)c(C)c1N1CCN(CC(=O)Nc2ccc(Br)cc2)CC1. The molecule has 7 nitrogen and oxygen atoms in total. The summed E-state index contributed by atoms with van der Waals surface area (Å²) in [5.74, 6) is 0.841. The maximum absolute atomic E-state index is 12.4. The molecular formula is C22H25BrN6O.